The second-order valence-corrected chi connectivity index (χ2v) is 5.89. The van der Waals surface area contributed by atoms with Crippen molar-refractivity contribution in [1.82, 2.24) is 9.78 Å². The van der Waals surface area contributed by atoms with E-state index >= 15 is 0 Å². The quantitative estimate of drug-likeness (QED) is 0.735. The Hall–Kier alpha value is -0.990. The lowest BCUT2D eigenvalue weighted by atomic mass is 9.79. The third-order valence-corrected chi connectivity index (χ3v) is 4.98. The van der Waals surface area contributed by atoms with Crippen LogP contribution in [0, 0.1) is 6.92 Å². The van der Waals surface area contributed by atoms with Crippen molar-refractivity contribution in [2.24, 2.45) is 7.05 Å². The first kappa shape index (κ1) is 15.4. The lowest BCUT2D eigenvalue weighted by Gasteiger charge is -2.30. The minimum Gasteiger partial charge on any atom is -0.273 e. The lowest BCUT2D eigenvalue weighted by molar-refractivity contribution is 0.482. The third kappa shape index (κ3) is 3.18. The van der Waals surface area contributed by atoms with Crippen LogP contribution in [-0.4, -0.2) is 21.5 Å². The highest BCUT2D eigenvalue weighted by molar-refractivity contribution is 6.22. The van der Waals surface area contributed by atoms with Crippen molar-refractivity contribution in [3.05, 3.63) is 53.3 Å². The van der Waals surface area contributed by atoms with E-state index in [0.29, 0.717) is 11.8 Å². The smallest absolute Gasteiger partial charge is 0.0492 e. The fraction of sp³-hybridized carbons (Fsp3) is 0.438. The molecule has 4 heteroatoms. The van der Waals surface area contributed by atoms with E-state index in [-0.39, 0.29) is 5.41 Å². The summed E-state index contributed by atoms with van der Waals surface area (Å²) in [4.78, 5) is 0. The van der Waals surface area contributed by atoms with Crippen LogP contribution in [0.5, 0.6) is 0 Å². The predicted octanol–water partition coefficient (Wildman–Crippen LogP) is 4.08. The average Bonchev–Trinajstić information content (AvgIpc) is 2.88. The molecule has 0 spiro atoms. The van der Waals surface area contributed by atoms with Crippen LogP contribution in [0.4, 0.5) is 0 Å². The van der Waals surface area contributed by atoms with Gasteiger partial charge in [0, 0.05) is 36.1 Å². The molecule has 2 nitrogen and oxygen atoms in total. The lowest BCUT2D eigenvalue weighted by Crippen LogP contribution is -2.31. The number of alkyl halides is 2. The zero-order chi connectivity index (χ0) is 14.6. The molecule has 0 aliphatic rings. The van der Waals surface area contributed by atoms with E-state index in [0.717, 1.165) is 12.8 Å². The molecular weight excluding hydrogens is 291 g/mol. The van der Waals surface area contributed by atoms with Gasteiger partial charge in [-0.2, -0.15) is 5.10 Å². The predicted molar refractivity (Wildman–Crippen MR) is 85.8 cm³/mol. The normalized spacial score (nSPS) is 11.8. The van der Waals surface area contributed by atoms with E-state index in [1.54, 1.807) is 0 Å². The van der Waals surface area contributed by atoms with Gasteiger partial charge in [0.05, 0.1) is 0 Å². The van der Waals surface area contributed by atoms with Gasteiger partial charge in [-0.15, -0.1) is 23.2 Å². The van der Waals surface area contributed by atoms with Gasteiger partial charge in [-0.3, -0.25) is 4.68 Å². The maximum atomic E-state index is 6.27. The van der Waals surface area contributed by atoms with Crippen molar-refractivity contribution in [3.63, 3.8) is 0 Å². The number of halogens is 2. The molecule has 0 radical (unpaired) electrons. The van der Waals surface area contributed by atoms with Gasteiger partial charge in [-0.1, -0.05) is 29.8 Å². The van der Waals surface area contributed by atoms with Crippen LogP contribution in [0.2, 0.25) is 0 Å². The summed E-state index contributed by atoms with van der Waals surface area (Å²) in [6.45, 7) is 2.09. The van der Waals surface area contributed by atoms with Crippen molar-refractivity contribution in [1.29, 1.82) is 0 Å². The standard InChI is InChI=1S/C16H20Cl2N2/c1-13-3-5-14(6-4-13)16(11-17,12-18)9-7-15-8-10-19-20(15)2/h3-6,8,10H,7,9,11-12H2,1-2H3. The molecule has 1 heterocycles. The van der Waals surface area contributed by atoms with E-state index in [1.807, 2.05) is 24.0 Å². The van der Waals surface area contributed by atoms with Gasteiger partial charge in [0.1, 0.15) is 0 Å². The first-order chi connectivity index (χ1) is 9.61. The number of hydrogen-bond acceptors (Lipinski definition) is 1. The molecule has 0 bridgehead atoms. The summed E-state index contributed by atoms with van der Waals surface area (Å²) in [6, 6.07) is 10.6. The molecule has 108 valence electrons. The van der Waals surface area contributed by atoms with E-state index in [9.17, 15) is 0 Å². The number of hydrogen-bond donors (Lipinski definition) is 0. The van der Waals surface area contributed by atoms with Gasteiger partial charge in [0.15, 0.2) is 0 Å². The molecule has 0 saturated heterocycles. The number of aryl methyl sites for hydroxylation is 3. The van der Waals surface area contributed by atoms with Crippen LogP contribution in [-0.2, 0) is 18.9 Å². The number of nitrogens with zero attached hydrogens (tertiary/aromatic N) is 2. The molecule has 1 aromatic carbocycles. The van der Waals surface area contributed by atoms with E-state index in [2.05, 4.69) is 36.3 Å². The Kier molecular flexibility index (Phi) is 5.11. The van der Waals surface area contributed by atoms with E-state index in [4.69, 9.17) is 23.2 Å². The summed E-state index contributed by atoms with van der Waals surface area (Å²) in [5.74, 6) is 1.05. The number of rotatable bonds is 6. The zero-order valence-electron chi connectivity index (χ0n) is 11.9. The van der Waals surface area contributed by atoms with Crippen molar-refractivity contribution in [2.75, 3.05) is 11.8 Å². The monoisotopic (exact) mass is 310 g/mol. The highest BCUT2D eigenvalue weighted by Crippen LogP contribution is 2.32. The van der Waals surface area contributed by atoms with Crippen molar-refractivity contribution < 1.29 is 0 Å². The molecular formula is C16H20Cl2N2. The van der Waals surface area contributed by atoms with Crippen LogP contribution < -0.4 is 0 Å². The largest absolute Gasteiger partial charge is 0.273 e. The van der Waals surface area contributed by atoms with E-state index < -0.39 is 0 Å². The summed E-state index contributed by atoms with van der Waals surface area (Å²) in [6.07, 6.45) is 3.66. The summed E-state index contributed by atoms with van der Waals surface area (Å²) >= 11 is 12.5. The van der Waals surface area contributed by atoms with Gasteiger partial charge in [0.2, 0.25) is 0 Å². The van der Waals surface area contributed by atoms with Crippen molar-refractivity contribution >= 4 is 23.2 Å². The average molecular weight is 311 g/mol. The first-order valence-electron chi connectivity index (χ1n) is 6.77. The molecule has 0 saturated carbocycles. The minimum absolute atomic E-state index is 0.179. The Balaban J connectivity index is 2.21. The van der Waals surface area contributed by atoms with Crippen molar-refractivity contribution in [3.8, 4) is 0 Å². The highest BCUT2D eigenvalue weighted by Gasteiger charge is 2.30. The van der Waals surface area contributed by atoms with Gasteiger partial charge >= 0.3 is 0 Å². The Morgan fingerprint density at radius 2 is 1.75 bits per heavy atom. The fourth-order valence-corrected chi connectivity index (χ4v) is 3.25. The summed E-state index contributed by atoms with van der Waals surface area (Å²) in [7, 11) is 1.96. The second kappa shape index (κ2) is 6.64. The van der Waals surface area contributed by atoms with Gasteiger partial charge in [0.25, 0.3) is 0 Å². The molecule has 2 rings (SSSR count). The molecule has 0 unspecified atom stereocenters. The van der Waals surface area contributed by atoms with Crippen LogP contribution >= 0.6 is 23.2 Å². The summed E-state index contributed by atoms with van der Waals surface area (Å²) < 4.78 is 1.91. The number of benzene rings is 1. The Labute approximate surface area is 130 Å². The van der Waals surface area contributed by atoms with Crippen LogP contribution in [0.15, 0.2) is 36.5 Å². The molecule has 2 aromatic rings. The Morgan fingerprint density at radius 1 is 1.10 bits per heavy atom. The molecule has 0 atom stereocenters. The van der Waals surface area contributed by atoms with Gasteiger partial charge in [-0.05, 0) is 31.4 Å². The zero-order valence-corrected chi connectivity index (χ0v) is 13.5. The SMILES string of the molecule is Cc1ccc(C(CCl)(CCl)CCc2ccnn2C)cc1. The fourth-order valence-electron chi connectivity index (χ4n) is 2.39. The molecule has 0 aliphatic heterocycles. The molecule has 0 amide bonds. The Morgan fingerprint density at radius 3 is 2.25 bits per heavy atom. The van der Waals surface area contributed by atoms with E-state index in [1.165, 1.54) is 16.8 Å². The Bertz CT molecular complexity index is 542. The topological polar surface area (TPSA) is 17.8 Å². The minimum atomic E-state index is -0.179. The van der Waals surface area contributed by atoms with Crippen LogP contribution in [0.1, 0.15) is 23.2 Å². The second-order valence-electron chi connectivity index (χ2n) is 5.36. The molecule has 20 heavy (non-hydrogen) atoms. The van der Waals surface area contributed by atoms with Crippen molar-refractivity contribution in [2.45, 2.75) is 25.2 Å². The number of aromatic nitrogens is 2. The maximum Gasteiger partial charge on any atom is 0.0492 e. The maximum absolute atomic E-state index is 6.27. The van der Waals surface area contributed by atoms with Crippen LogP contribution in [0.25, 0.3) is 0 Å². The molecule has 0 fully saturated rings. The summed E-state index contributed by atoms with van der Waals surface area (Å²) in [5, 5.41) is 4.20. The molecule has 1 aromatic heterocycles. The molecule has 0 N–H and O–H groups in total. The first-order valence-corrected chi connectivity index (χ1v) is 7.84. The van der Waals surface area contributed by atoms with Gasteiger partial charge in [-0.25, -0.2) is 0 Å². The highest BCUT2D eigenvalue weighted by atomic mass is 35.5. The third-order valence-electron chi connectivity index (χ3n) is 3.96. The van der Waals surface area contributed by atoms with Gasteiger partial charge < -0.3 is 0 Å². The summed E-state index contributed by atoms with van der Waals surface area (Å²) in [5.41, 5.74) is 3.49. The molecule has 0 aliphatic carbocycles. The van der Waals surface area contributed by atoms with Crippen LogP contribution in [0.3, 0.4) is 0 Å².